The number of nitrogens with zero attached hydrogens (tertiary/aromatic N) is 1. The van der Waals surface area contributed by atoms with Crippen molar-refractivity contribution in [2.45, 2.75) is 39.3 Å². The number of carbonyl (C=O) groups is 1. The molecule has 20 heavy (non-hydrogen) atoms. The van der Waals surface area contributed by atoms with Crippen molar-refractivity contribution in [3.63, 3.8) is 0 Å². The van der Waals surface area contributed by atoms with Gasteiger partial charge in [0.1, 0.15) is 0 Å². The lowest BCUT2D eigenvalue weighted by atomic mass is 10.1. The quantitative estimate of drug-likeness (QED) is 0.860. The second-order valence-electron chi connectivity index (χ2n) is 4.97. The van der Waals surface area contributed by atoms with Crippen LogP contribution in [0.5, 0.6) is 0 Å². The highest BCUT2D eigenvalue weighted by atomic mass is 32.1. The minimum Gasteiger partial charge on any atom is -0.355 e. The van der Waals surface area contributed by atoms with Gasteiger partial charge in [-0.05, 0) is 43.3 Å². The molecule has 5 heteroatoms. The standard InChI is InChI=1S/C15H21N3OS/c1-4-6-16-15(19)11(3)18-10(2)12-8-14-13(17-9-12)5-7-20-14/h5,7-11,18H,4,6H2,1-3H3,(H,16,19). The number of hydrogen-bond acceptors (Lipinski definition) is 4. The first-order valence-corrected chi connectivity index (χ1v) is 7.86. The second kappa shape index (κ2) is 6.81. The number of nitrogens with one attached hydrogen (secondary N) is 2. The Bertz CT molecular complexity index is 581. The molecule has 4 nitrogen and oxygen atoms in total. The number of aromatic nitrogens is 1. The van der Waals surface area contributed by atoms with E-state index in [1.54, 1.807) is 11.3 Å². The van der Waals surface area contributed by atoms with E-state index in [0.29, 0.717) is 0 Å². The lowest BCUT2D eigenvalue weighted by molar-refractivity contribution is -0.122. The van der Waals surface area contributed by atoms with Gasteiger partial charge in [0.25, 0.3) is 0 Å². The van der Waals surface area contributed by atoms with E-state index in [1.807, 2.05) is 31.5 Å². The number of pyridine rings is 1. The molecule has 2 N–H and O–H groups in total. The lowest BCUT2D eigenvalue weighted by Crippen LogP contribution is -2.43. The van der Waals surface area contributed by atoms with Gasteiger partial charge >= 0.3 is 0 Å². The van der Waals surface area contributed by atoms with E-state index in [4.69, 9.17) is 0 Å². The average molecular weight is 291 g/mol. The molecule has 2 aromatic rings. The molecule has 0 bridgehead atoms. The van der Waals surface area contributed by atoms with Crippen molar-refractivity contribution >= 4 is 27.5 Å². The third-order valence-corrected chi connectivity index (χ3v) is 4.12. The Morgan fingerprint density at radius 3 is 3.00 bits per heavy atom. The van der Waals surface area contributed by atoms with Crippen LogP contribution < -0.4 is 10.6 Å². The Kier molecular flexibility index (Phi) is 5.09. The Morgan fingerprint density at radius 1 is 1.45 bits per heavy atom. The summed E-state index contributed by atoms with van der Waals surface area (Å²) in [7, 11) is 0. The summed E-state index contributed by atoms with van der Waals surface area (Å²) in [6.45, 7) is 6.71. The maximum atomic E-state index is 11.9. The van der Waals surface area contributed by atoms with E-state index in [2.05, 4.69) is 28.6 Å². The summed E-state index contributed by atoms with van der Waals surface area (Å²) in [5, 5.41) is 8.26. The topological polar surface area (TPSA) is 54.0 Å². The van der Waals surface area contributed by atoms with Gasteiger partial charge in [-0.2, -0.15) is 0 Å². The number of carbonyl (C=O) groups excluding carboxylic acids is 1. The average Bonchev–Trinajstić information content (AvgIpc) is 2.91. The highest BCUT2D eigenvalue weighted by Gasteiger charge is 2.16. The van der Waals surface area contributed by atoms with Gasteiger partial charge in [-0.3, -0.25) is 15.1 Å². The molecule has 108 valence electrons. The largest absolute Gasteiger partial charge is 0.355 e. The predicted octanol–water partition coefficient (Wildman–Crippen LogP) is 2.86. The first-order chi connectivity index (χ1) is 9.61. The molecule has 0 aliphatic carbocycles. The molecular weight excluding hydrogens is 270 g/mol. The molecule has 0 saturated carbocycles. The van der Waals surface area contributed by atoms with E-state index in [0.717, 1.165) is 24.0 Å². The van der Waals surface area contributed by atoms with Gasteiger partial charge in [-0.25, -0.2) is 0 Å². The Labute approximate surface area is 123 Å². The summed E-state index contributed by atoms with van der Waals surface area (Å²) in [4.78, 5) is 16.3. The molecule has 0 aliphatic rings. The van der Waals surface area contributed by atoms with Gasteiger partial charge in [0.2, 0.25) is 5.91 Å². The fourth-order valence-electron chi connectivity index (χ4n) is 2.05. The summed E-state index contributed by atoms with van der Waals surface area (Å²) in [6, 6.07) is 4.04. The molecule has 0 aromatic carbocycles. The van der Waals surface area contributed by atoms with E-state index in [-0.39, 0.29) is 18.0 Å². The predicted molar refractivity (Wildman–Crippen MR) is 83.9 cm³/mol. The number of fused-ring (bicyclic) bond motifs is 1. The molecule has 0 aliphatic heterocycles. The van der Waals surface area contributed by atoms with Gasteiger partial charge in [0.15, 0.2) is 0 Å². The fourth-order valence-corrected chi connectivity index (χ4v) is 2.84. The summed E-state index contributed by atoms with van der Waals surface area (Å²) < 4.78 is 1.18. The van der Waals surface area contributed by atoms with E-state index in [1.165, 1.54) is 4.70 Å². The molecule has 0 radical (unpaired) electrons. The molecule has 1 amide bonds. The van der Waals surface area contributed by atoms with Crippen molar-refractivity contribution < 1.29 is 4.79 Å². The molecule has 2 rings (SSSR count). The SMILES string of the molecule is CCCNC(=O)C(C)NC(C)c1cnc2ccsc2c1. The van der Waals surface area contributed by atoms with Crippen LogP contribution >= 0.6 is 11.3 Å². The van der Waals surface area contributed by atoms with E-state index >= 15 is 0 Å². The summed E-state index contributed by atoms with van der Waals surface area (Å²) in [6.07, 6.45) is 2.83. The number of thiophene rings is 1. The summed E-state index contributed by atoms with van der Waals surface area (Å²) in [5.74, 6) is 0.0452. The number of hydrogen-bond donors (Lipinski definition) is 2. The van der Waals surface area contributed by atoms with Crippen molar-refractivity contribution in [3.8, 4) is 0 Å². The van der Waals surface area contributed by atoms with E-state index in [9.17, 15) is 4.79 Å². The fraction of sp³-hybridized carbons (Fsp3) is 0.467. The highest BCUT2D eigenvalue weighted by molar-refractivity contribution is 7.17. The molecule has 0 fully saturated rings. The highest BCUT2D eigenvalue weighted by Crippen LogP contribution is 2.22. The van der Waals surface area contributed by atoms with Crippen LogP contribution in [0.2, 0.25) is 0 Å². The van der Waals surface area contributed by atoms with Crippen LogP contribution in [0.3, 0.4) is 0 Å². The molecule has 2 aromatic heterocycles. The zero-order chi connectivity index (χ0) is 14.5. The number of amides is 1. The molecule has 0 saturated heterocycles. The zero-order valence-electron chi connectivity index (χ0n) is 12.1. The van der Waals surface area contributed by atoms with Gasteiger partial charge in [0, 0.05) is 18.8 Å². The maximum Gasteiger partial charge on any atom is 0.236 e. The Balaban J connectivity index is 1.99. The van der Waals surface area contributed by atoms with Crippen LogP contribution in [-0.4, -0.2) is 23.5 Å². The monoisotopic (exact) mass is 291 g/mol. The van der Waals surface area contributed by atoms with Crippen LogP contribution in [0, 0.1) is 0 Å². The summed E-state index contributed by atoms with van der Waals surface area (Å²) in [5.41, 5.74) is 2.13. The smallest absolute Gasteiger partial charge is 0.236 e. The van der Waals surface area contributed by atoms with E-state index < -0.39 is 0 Å². The van der Waals surface area contributed by atoms with Crippen LogP contribution in [-0.2, 0) is 4.79 Å². The first-order valence-electron chi connectivity index (χ1n) is 6.98. The van der Waals surface area contributed by atoms with Crippen molar-refractivity contribution in [3.05, 3.63) is 29.3 Å². The summed E-state index contributed by atoms with van der Waals surface area (Å²) >= 11 is 1.69. The van der Waals surface area contributed by atoms with Crippen molar-refractivity contribution in [2.75, 3.05) is 6.54 Å². The molecule has 0 spiro atoms. The van der Waals surface area contributed by atoms with Crippen LogP contribution in [0.15, 0.2) is 23.7 Å². The third-order valence-electron chi connectivity index (χ3n) is 3.27. The van der Waals surface area contributed by atoms with Gasteiger partial charge < -0.3 is 5.32 Å². The first kappa shape index (κ1) is 14.9. The van der Waals surface area contributed by atoms with Crippen LogP contribution in [0.4, 0.5) is 0 Å². The Hall–Kier alpha value is -1.46. The maximum absolute atomic E-state index is 11.9. The molecule has 2 atom stereocenters. The minimum absolute atomic E-state index is 0.0452. The normalized spacial score (nSPS) is 14.2. The van der Waals surface area contributed by atoms with Crippen LogP contribution in [0.1, 0.15) is 38.8 Å². The molecular formula is C15H21N3OS. The third kappa shape index (κ3) is 3.55. The minimum atomic E-state index is -0.212. The molecule has 2 heterocycles. The Morgan fingerprint density at radius 2 is 2.25 bits per heavy atom. The van der Waals surface area contributed by atoms with Crippen LogP contribution in [0.25, 0.3) is 10.2 Å². The number of rotatable bonds is 6. The molecule has 2 unspecified atom stereocenters. The van der Waals surface area contributed by atoms with Gasteiger partial charge in [-0.15, -0.1) is 11.3 Å². The van der Waals surface area contributed by atoms with Gasteiger partial charge in [0.05, 0.1) is 16.3 Å². The lowest BCUT2D eigenvalue weighted by Gasteiger charge is -2.19. The zero-order valence-corrected chi connectivity index (χ0v) is 13.0. The van der Waals surface area contributed by atoms with Crippen molar-refractivity contribution in [1.29, 1.82) is 0 Å². The van der Waals surface area contributed by atoms with Crippen molar-refractivity contribution in [1.82, 2.24) is 15.6 Å². The second-order valence-corrected chi connectivity index (χ2v) is 5.92. The van der Waals surface area contributed by atoms with Crippen molar-refractivity contribution in [2.24, 2.45) is 0 Å². The van der Waals surface area contributed by atoms with Gasteiger partial charge in [-0.1, -0.05) is 6.92 Å².